The lowest BCUT2D eigenvalue weighted by Gasteiger charge is -2.16. The Labute approximate surface area is 163 Å². The van der Waals surface area contributed by atoms with Gasteiger partial charge in [-0.1, -0.05) is 0 Å². The van der Waals surface area contributed by atoms with Crippen molar-refractivity contribution in [2.75, 3.05) is 30.7 Å². The minimum absolute atomic E-state index is 0.0236. The molecule has 2 aromatic heterocycles. The molecule has 3 rings (SSSR count). The van der Waals surface area contributed by atoms with Crippen molar-refractivity contribution < 1.29 is 9.59 Å². The topological polar surface area (TPSA) is 130 Å². The zero-order valence-corrected chi connectivity index (χ0v) is 16.2. The number of carbonyl (C=O) groups excluding carboxylic acids is 2. The number of guanidine groups is 1. The lowest BCUT2D eigenvalue weighted by atomic mass is 10.3. The maximum atomic E-state index is 12.5. The van der Waals surface area contributed by atoms with Crippen molar-refractivity contribution in [3.63, 3.8) is 0 Å². The molecule has 0 aromatic carbocycles. The molecule has 3 heterocycles. The zero-order valence-electron chi connectivity index (χ0n) is 16.2. The number of nitrogen functional groups attached to an aromatic ring is 1. The summed E-state index contributed by atoms with van der Waals surface area (Å²) in [5.74, 6) is 0.243. The van der Waals surface area contributed by atoms with Crippen LogP contribution >= 0.6 is 0 Å². The van der Waals surface area contributed by atoms with E-state index in [9.17, 15) is 9.59 Å². The minimum Gasteiger partial charge on any atom is -0.397 e. The van der Waals surface area contributed by atoms with Crippen LogP contribution in [0, 0.1) is 0 Å². The van der Waals surface area contributed by atoms with Crippen molar-refractivity contribution in [1.82, 2.24) is 25.1 Å². The molecule has 6 N–H and O–H groups in total. The molecule has 0 saturated carbocycles. The molecule has 10 heteroatoms. The van der Waals surface area contributed by atoms with Gasteiger partial charge in [0.25, 0.3) is 11.8 Å². The number of anilines is 2. The van der Waals surface area contributed by atoms with E-state index in [2.05, 4.69) is 26.3 Å². The lowest BCUT2D eigenvalue weighted by molar-refractivity contribution is 0.0941. The third-order valence-corrected chi connectivity index (χ3v) is 4.38. The molecule has 28 heavy (non-hydrogen) atoms. The second-order valence-electron chi connectivity index (χ2n) is 6.86. The molecule has 1 aliphatic heterocycles. The highest BCUT2D eigenvalue weighted by Crippen LogP contribution is 2.16. The van der Waals surface area contributed by atoms with Crippen molar-refractivity contribution in [2.24, 2.45) is 19.1 Å². The van der Waals surface area contributed by atoms with E-state index in [0.29, 0.717) is 29.3 Å². The van der Waals surface area contributed by atoms with Gasteiger partial charge in [0.15, 0.2) is 5.96 Å². The number of aromatic nitrogens is 2. The number of hydrogen-bond acceptors (Lipinski definition) is 6. The second-order valence-corrected chi connectivity index (χ2v) is 6.86. The number of nitrogens with two attached hydrogens (primary N) is 1. The smallest absolute Gasteiger partial charge is 0.272 e. The van der Waals surface area contributed by atoms with Crippen LogP contribution in [-0.4, -0.2) is 52.6 Å². The first-order valence-electron chi connectivity index (χ1n) is 9.06. The standard InChI is InChI=1S/C18H26N8O2/c1-11(23-18-20-4-5-21-18)8-22-16(27)15-7-13(10-26(15)3)24-17(28)14-6-12(19)9-25(14)2/h6-7,9-11H,4-5,8,19H2,1-3H3,(H,22,27)(H,24,28)(H2,20,21,23). The Balaban J connectivity index is 1.57. The van der Waals surface area contributed by atoms with E-state index >= 15 is 0 Å². The Morgan fingerprint density at radius 1 is 1.21 bits per heavy atom. The molecule has 150 valence electrons. The van der Waals surface area contributed by atoms with E-state index in [1.165, 1.54) is 0 Å². The number of aryl methyl sites for hydroxylation is 2. The molecule has 10 nitrogen and oxygen atoms in total. The van der Waals surface area contributed by atoms with Gasteiger partial charge in [0, 0.05) is 45.6 Å². The summed E-state index contributed by atoms with van der Waals surface area (Å²) in [6.07, 6.45) is 3.36. The molecule has 0 saturated heterocycles. The van der Waals surface area contributed by atoms with Crippen molar-refractivity contribution >= 4 is 29.1 Å². The van der Waals surface area contributed by atoms with Crippen LogP contribution in [-0.2, 0) is 14.1 Å². The van der Waals surface area contributed by atoms with Crippen LogP contribution in [0.15, 0.2) is 29.5 Å². The number of carbonyl (C=O) groups is 2. The molecule has 1 aliphatic rings. The molecule has 0 spiro atoms. The Bertz CT molecular complexity index is 911. The Hall–Kier alpha value is -3.43. The maximum Gasteiger partial charge on any atom is 0.272 e. The van der Waals surface area contributed by atoms with Crippen LogP contribution in [0.2, 0.25) is 0 Å². The van der Waals surface area contributed by atoms with Gasteiger partial charge in [0.1, 0.15) is 11.4 Å². The quantitative estimate of drug-likeness (QED) is 0.472. The van der Waals surface area contributed by atoms with Crippen LogP contribution in [0.5, 0.6) is 0 Å². The summed E-state index contributed by atoms with van der Waals surface area (Å²) in [5.41, 5.74) is 7.65. The molecule has 0 aliphatic carbocycles. The van der Waals surface area contributed by atoms with Crippen LogP contribution in [0.3, 0.4) is 0 Å². The molecule has 1 atom stereocenters. The summed E-state index contributed by atoms with van der Waals surface area (Å²) >= 11 is 0. The van der Waals surface area contributed by atoms with Crippen LogP contribution in [0.25, 0.3) is 0 Å². The molecule has 0 bridgehead atoms. The van der Waals surface area contributed by atoms with E-state index in [4.69, 9.17) is 5.73 Å². The van der Waals surface area contributed by atoms with Crippen molar-refractivity contribution in [1.29, 1.82) is 0 Å². The zero-order chi connectivity index (χ0) is 20.3. The second kappa shape index (κ2) is 8.07. The SMILES string of the molecule is CC(CNC(=O)c1cc(NC(=O)c2cc(N)cn2C)cn1C)NC1=NCCN1. The summed E-state index contributed by atoms with van der Waals surface area (Å²) in [6, 6.07) is 3.26. The van der Waals surface area contributed by atoms with E-state index in [1.807, 2.05) is 6.92 Å². The highest BCUT2D eigenvalue weighted by Gasteiger charge is 2.17. The number of amides is 2. The number of nitrogens with one attached hydrogen (secondary N) is 4. The first kappa shape index (κ1) is 19.3. The highest BCUT2D eigenvalue weighted by atomic mass is 16.2. The first-order valence-corrected chi connectivity index (χ1v) is 9.06. The fourth-order valence-electron chi connectivity index (χ4n) is 2.98. The van der Waals surface area contributed by atoms with Crippen molar-refractivity contribution in [2.45, 2.75) is 13.0 Å². The fraction of sp³-hybridized carbons (Fsp3) is 0.389. The van der Waals surface area contributed by atoms with Gasteiger partial charge in [0.2, 0.25) is 0 Å². The van der Waals surface area contributed by atoms with E-state index in [1.54, 1.807) is 47.8 Å². The van der Waals surface area contributed by atoms with Crippen LogP contribution < -0.4 is 27.0 Å². The summed E-state index contributed by atoms with van der Waals surface area (Å²) in [6.45, 7) is 3.99. The average molecular weight is 386 g/mol. The molecule has 1 unspecified atom stereocenters. The van der Waals surface area contributed by atoms with Gasteiger partial charge in [-0.05, 0) is 19.1 Å². The normalized spacial score (nSPS) is 14.2. The van der Waals surface area contributed by atoms with Gasteiger partial charge in [0.05, 0.1) is 17.9 Å². The van der Waals surface area contributed by atoms with Gasteiger partial charge >= 0.3 is 0 Å². The summed E-state index contributed by atoms with van der Waals surface area (Å²) in [5, 5.41) is 12.0. The summed E-state index contributed by atoms with van der Waals surface area (Å²) in [7, 11) is 3.50. The van der Waals surface area contributed by atoms with Crippen molar-refractivity contribution in [3.8, 4) is 0 Å². The highest BCUT2D eigenvalue weighted by molar-refractivity contribution is 6.04. The monoisotopic (exact) mass is 386 g/mol. The van der Waals surface area contributed by atoms with E-state index < -0.39 is 0 Å². The van der Waals surface area contributed by atoms with Crippen LogP contribution in [0.1, 0.15) is 27.9 Å². The summed E-state index contributed by atoms with van der Waals surface area (Å²) < 4.78 is 3.32. The summed E-state index contributed by atoms with van der Waals surface area (Å²) in [4.78, 5) is 29.2. The number of nitrogens with zero attached hydrogens (tertiary/aromatic N) is 3. The number of hydrogen-bond donors (Lipinski definition) is 5. The minimum atomic E-state index is -0.292. The molecule has 0 fully saturated rings. The largest absolute Gasteiger partial charge is 0.397 e. The Morgan fingerprint density at radius 2 is 1.93 bits per heavy atom. The van der Waals surface area contributed by atoms with Gasteiger partial charge in [-0.3, -0.25) is 14.6 Å². The third kappa shape index (κ3) is 4.45. The van der Waals surface area contributed by atoms with E-state index in [-0.39, 0.29) is 17.9 Å². The Morgan fingerprint density at radius 3 is 2.57 bits per heavy atom. The number of aliphatic imine (C=N–C) groups is 1. The lowest BCUT2D eigenvalue weighted by Crippen LogP contribution is -2.45. The Kier molecular flexibility index (Phi) is 5.57. The molecule has 2 amide bonds. The predicted octanol–water partition coefficient (Wildman–Crippen LogP) is -0.135. The molecular formula is C18H26N8O2. The van der Waals surface area contributed by atoms with Crippen LogP contribution in [0.4, 0.5) is 11.4 Å². The third-order valence-electron chi connectivity index (χ3n) is 4.38. The van der Waals surface area contributed by atoms with Gasteiger partial charge in [-0.25, -0.2) is 0 Å². The van der Waals surface area contributed by atoms with Gasteiger partial charge < -0.3 is 36.1 Å². The first-order chi connectivity index (χ1) is 13.3. The molecular weight excluding hydrogens is 360 g/mol. The molecule has 0 radical (unpaired) electrons. The van der Waals surface area contributed by atoms with Gasteiger partial charge in [-0.15, -0.1) is 0 Å². The fourth-order valence-corrected chi connectivity index (χ4v) is 2.98. The maximum absolute atomic E-state index is 12.5. The number of rotatable bonds is 6. The van der Waals surface area contributed by atoms with Crippen molar-refractivity contribution in [3.05, 3.63) is 35.9 Å². The average Bonchev–Trinajstić information content (AvgIpc) is 3.34. The molecule has 2 aromatic rings. The van der Waals surface area contributed by atoms with E-state index in [0.717, 1.165) is 19.0 Å². The predicted molar refractivity (Wildman–Crippen MR) is 108 cm³/mol. The van der Waals surface area contributed by atoms with Gasteiger partial charge in [-0.2, -0.15) is 0 Å².